The first-order chi connectivity index (χ1) is 10.2. The standard InChI is InChI=1S/C16H20BrN3O/c1-3-9-20-11-13(17)10-15(20)16(21)19(4-2)12-14-7-5-6-8-18-14/h5-8,10-11H,3-4,9,12H2,1-2H3. The van der Waals surface area contributed by atoms with Crippen LogP contribution in [-0.4, -0.2) is 26.9 Å². The number of amides is 1. The zero-order valence-corrected chi connectivity index (χ0v) is 14.0. The van der Waals surface area contributed by atoms with E-state index in [1.54, 1.807) is 6.20 Å². The fourth-order valence-electron chi connectivity index (χ4n) is 2.26. The molecule has 0 atom stereocenters. The second-order valence-electron chi connectivity index (χ2n) is 4.88. The van der Waals surface area contributed by atoms with Crippen molar-refractivity contribution in [2.45, 2.75) is 33.4 Å². The molecule has 0 radical (unpaired) electrons. The topological polar surface area (TPSA) is 38.1 Å². The highest BCUT2D eigenvalue weighted by Crippen LogP contribution is 2.18. The monoisotopic (exact) mass is 349 g/mol. The smallest absolute Gasteiger partial charge is 0.270 e. The number of hydrogen-bond donors (Lipinski definition) is 0. The van der Waals surface area contributed by atoms with Crippen molar-refractivity contribution in [3.8, 4) is 0 Å². The summed E-state index contributed by atoms with van der Waals surface area (Å²) in [5.41, 5.74) is 1.63. The van der Waals surface area contributed by atoms with Gasteiger partial charge in [-0.25, -0.2) is 0 Å². The van der Waals surface area contributed by atoms with Gasteiger partial charge in [0.25, 0.3) is 5.91 Å². The SMILES string of the molecule is CCCn1cc(Br)cc1C(=O)N(CC)Cc1ccccn1. The zero-order chi connectivity index (χ0) is 15.2. The van der Waals surface area contributed by atoms with Crippen LogP contribution in [0.4, 0.5) is 0 Å². The van der Waals surface area contributed by atoms with Crippen molar-refractivity contribution in [2.75, 3.05) is 6.54 Å². The molecule has 21 heavy (non-hydrogen) atoms. The molecule has 0 fully saturated rings. The molecule has 0 spiro atoms. The Bertz CT molecular complexity index is 595. The van der Waals surface area contributed by atoms with E-state index >= 15 is 0 Å². The summed E-state index contributed by atoms with van der Waals surface area (Å²) >= 11 is 3.46. The Kier molecular flexibility index (Phi) is 5.56. The van der Waals surface area contributed by atoms with Crippen molar-refractivity contribution in [3.63, 3.8) is 0 Å². The second kappa shape index (κ2) is 7.41. The van der Waals surface area contributed by atoms with Gasteiger partial charge in [0.15, 0.2) is 0 Å². The third-order valence-corrected chi connectivity index (χ3v) is 3.73. The van der Waals surface area contributed by atoms with E-state index in [0.717, 1.165) is 28.8 Å². The van der Waals surface area contributed by atoms with Crippen molar-refractivity contribution in [1.82, 2.24) is 14.5 Å². The highest BCUT2D eigenvalue weighted by molar-refractivity contribution is 9.10. The molecule has 2 aromatic heterocycles. The third-order valence-electron chi connectivity index (χ3n) is 3.29. The number of aromatic nitrogens is 2. The summed E-state index contributed by atoms with van der Waals surface area (Å²) in [6.45, 7) is 6.12. The summed E-state index contributed by atoms with van der Waals surface area (Å²) in [6, 6.07) is 7.65. The summed E-state index contributed by atoms with van der Waals surface area (Å²) < 4.78 is 2.95. The Morgan fingerprint density at radius 3 is 2.81 bits per heavy atom. The van der Waals surface area contributed by atoms with Gasteiger partial charge in [-0.15, -0.1) is 0 Å². The lowest BCUT2D eigenvalue weighted by Crippen LogP contribution is -2.32. The number of pyridine rings is 1. The van der Waals surface area contributed by atoms with Gasteiger partial charge in [0.05, 0.1) is 12.2 Å². The van der Waals surface area contributed by atoms with Crippen LogP contribution in [0.15, 0.2) is 41.1 Å². The minimum atomic E-state index is 0.0438. The summed E-state index contributed by atoms with van der Waals surface area (Å²) in [7, 11) is 0. The minimum absolute atomic E-state index is 0.0438. The van der Waals surface area contributed by atoms with Gasteiger partial charge in [-0.3, -0.25) is 9.78 Å². The molecule has 0 aromatic carbocycles. The van der Waals surface area contributed by atoms with E-state index in [9.17, 15) is 4.79 Å². The predicted molar refractivity (Wildman–Crippen MR) is 87.1 cm³/mol. The number of halogens is 1. The Balaban J connectivity index is 2.20. The van der Waals surface area contributed by atoms with Crippen LogP contribution in [0, 0.1) is 0 Å². The van der Waals surface area contributed by atoms with Gasteiger partial charge in [0.2, 0.25) is 0 Å². The molecule has 0 saturated carbocycles. The van der Waals surface area contributed by atoms with Gasteiger partial charge in [0.1, 0.15) is 5.69 Å². The first-order valence-electron chi connectivity index (χ1n) is 7.20. The number of hydrogen-bond acceptors (Lipinski definition) is 2. The normalized spacial score (nSPS) is 10.6. The van der Waals surface area contributed by atoms with Gasteiger partial charge < -0.3 is 9.47 Å². The van der Waals surface area contributed by atoms with Gasteiger partial charge in [0, 0.05) is 30.0 Å². The highest BCUT2D eigenvalue weighted by atomic mass is 79.9. The van der Waals surface area contributed by atoms with Crippen molar-refractivity contribution in [3.05, 3.63) is 52.5 Å². The molecule has 2 aromatic rings. The zero-order valence-electron chi connectivity index (χ0n) is 12.4. The largest absolute Gasteiger partial charge is 0.342 e. The fraction of sp³-hybridized carbons (Fsp3) is 0.375. The molecule has 0 aliphatic heterocycles. The fourth-order valence-corrected chi connectivity index (χ4v) is 2.72. The Morgan fingerprint density at radius 2 is 2.19 bits per heavy atom. The average molecular weight is 350 g/mol. The molecule has 0 bridgehead atoms. The van der Waals surface area contributed by atoms with Crippen LogP contribution in [-0.2, 0) is 13.1 Å². The number of carbonyl (C=O) groups is 1. The predicted octanol–water partition coefficient (Wildman–Crippen LogP) is 3.72. The minimum Gasteiger partial charge on any atom is -0.342 e. The Morgan fingerprint density at radius 1 is 1.38 bits per heavy atom. The van der Waals surface area contributed by atoms with Crippen LogP contribution < -0.4 is 0 Å². The van der Waals surface area contributed by atoms with E-state index < -0.39 is 0 Å². The third kappa shape index (κ3) is 3.94. The molecular formula is C16H20BrN3O. The van der Waals surface area contributed by atoms with Gasteiger partial charge >= 0.3 is 0 Å². The van der Waals surface area contributed by atoms with Crippen LogP contribution in [0.5, 0.6) is 0 Å². The number of nitrogens with zero attached hydrogens (tertiary/aromatic N) is 3. The van der Waals surface area contributed by atoms with E-state index in [1.807, 2.05) is 46.9 Å². The molecule has 2 rings (SSSR count). The van der Waals surface area contributed by atoms with Crippen molar-refractivity contribution >= 4 is 21.8 Å². The van der Waals surface area contributed by atoms with Crippen LogP contribution in [0.1, 0.15) is 36.5 Å². The molecule has 0 N–H and O–H groups in total. The quantitative estimate of drug-likeness (QED) is 0.796. The molecular weight excluding hydrogens is 330 g/mol. The molecule has 0 aliphatic carbocycles. The molecule has 5 heteroatoms. The number of rotatable bonds is 6. The van der Waals surface area contributed by atoms with Gasteiger partial charge in [-0.1, -0.05) is 13.0 Å². The molecule has 0 aliphatic rings. The molecule has 1 amide bonds. The van der Waals surface area contributed by atoms with Gasteiger partial charge in [-0.05, 0) is 47.5 Å². The Labute approximate surface area is 133 Å². The van der Waals surface area contributed by atoms with Crippen LogP contribution in [0.2, 0.25) is 0 Å². The van der Waals surface area contributed by atoms with E-state index in [1.165, 1.54) is 0 Å². The van der Waals surface area contributed by atoms with Crippen molar-refractivity contribution in [2.24, 2.45) is 0 Å². The first-order valence-corrected chi connectivity index (χ1v) is 7.99. The van der Waals surface area contributed by atoms with Crippen LogP contribution in [0.25, 0.3) is 0 Å². The molecule has 0 unspecified atom stereocenters. The van der Waals surface area contributed by atoms with Crippen LogP contribution >= 0.6 is 15.9 Å². The molecule has 112 valence electrons. The first kappa shape index (κ1) is 15.8. The maximum Gasteiger partial charge on any atom is 0.270 e. The highest BCUT2D eigenvalue weighted by Gasteiger charge is 2.19. The molecule has 0 saturated heterocycles. The van der Waals surface area contributed by atoms with E-state index in [-0.39, 0.29) is 5.91 Å². The van der Waals surface area contributed by atoms with E-state index in [0.29, 0.717) is 13.1 Å². The summed E-state index contributed by atoms with van der Waals surface area (Å²) in [5.74, 6) is 0.0438. The lowest BCUT2D eigenvalue weighted by atomic mass is 10.3. The summed E-state index contributed by atoms with van der Waals surface area (Å²) in [4.78, 5) is 18.9. The summed E-state index contributed by atoms with van der Waals surface area (Å²) in [5, 5.41) is 0. The second-order valence-corrected chi connectivity index (χ2v) is 5.79. The lowest BCUT2D eigenvalue weighted by molar-refractivity contribution is 0.0739. The van der Waals surface area contributed by atoms with Crippen LogP contribution in [0.3, 0.4) is 0 Å². The number of carbonyl (C=O) groups excluding carboxylic acids is 1. The lowest BCUT2D eigenvalue weighted by Gasteiger charge is -2.21. The Hall–Kier alpha value is -1.62. The van der Waals surface area contributed by atoms with E-state index in [2.05, 4.69) is 27.8 Å². The maximum absolute atomic E-state index is 12.7. The van der Waals surface area contributed by atoms with E-state index in [4.69, 9.17) is 0 Å². The number of aryl methyl sites for hydroxylation is 1. The maximum atomic E-state index is 12.7. The summed E-state index contributed by atoms with van der Waals surface area (Å²) in [6.07, 6.45) is 4.71. The molecule has 4 nitrogen and oxygen atoms in total. The average Bonchev–Trinajstić information content (AvgIpc) is 2.86. The molecule has 2 heterocycles. The van der Waals surface area contributed by atoms with Crippen molar-refractivity contribution in [1.29, 1.82) is 0 Å². The van der Waals surface area contributed by atoms with Crippen molar-refractivity contribution < 1.29 is 4.79 Å². The van der Waals surface area contributed by atoms with Gasteiger partial charge in [-0.2, -0.15) is 0 Å².